The lowest BCUT2D eigenvalue weighted by Gasteiger charge is -2.22. The first kappa shape index (κ1) is 34.4. The van der Waals surface area contributed by atoms with Crippen molar-refractivity contribution in [3.05, 3.63) is 123 Å². The van der Waals surface area contributed by atoms with Gasteiger partial charge in [0.15, 0.2) is 81.4 Å². The lowest BCUT2D eigenvalue weighted by Crippen LogP contribution is -2.48. The monoisotopic (exact) mass is 730 g/mol. The molecule has 0 heterocycles. The van der Waals surface area contributed by atoms with Crippen molar-refractivity contribution in [3.8, 4) is 11.5 Å². The summed E-state index contributed by atoms with van der Waals surface area (Å²) in [6.07, 6.45) is 0. The average molecular weight is 730 g/mol. The van der Waals surface area contributed by atoms with Gasteiger partial charge in [-0.2, -0.15) is 4.39 Å². The van der Waals surface area contributed by atoms with Gasteiger partial charge in [0.1, 0.15) is 23.2 Å². The van der Waals surface area contributed by atoms with Crippen LogP contribution >= 0.6 is 0 Å². The second-order valence-electron chi connectivity index (χ2n) is 10.0. The van der Waals surface area contributed by atoms with Gasteiger partial charge >= 0.3 is 7.12 Å². The molecule has 6 aromatic carbocycles. The molecule has 0 saturated heterocycles. The summed E-state index contributed by atoms with van der Waals surface area (Å²) >= 11 is 0. The summed E-state index contributed by atoms with van der Waals surface area (Å²) in [5.74, 6) is -47.7. The molecule has 258 valence electrons. The van der Waals surface area contributed by atoms with Gasteiger partial charge in [-0.25, -0.2) is 70.2 Å². The van der Waals surface area contributed by atoms with Gasteiger partial charge in [-0.15, -0.1) is 0 Å². The largest absolute Gasteiger partial charge is 0.639 e. The van der Waals surface area contributed by atoms with Crippen molar-refractivity contribution in [2.24, 2.45) is 0 Å². The molecule has 0 N–H and O–H groups in total. The summed E-state index contributed by atoms with van der Waals surface area (Å²) in [7, 11) is -3.52. The third kappa shape index (κ3) is 4.74. The first-order valence-electron chi connectivity index (χ1n) is 13.0. The maximum atomic E-state index is 15.8. The Balaban J connectivity index is 1.72. The maximum Gasteiger partial charge on any atom is 0.639 e. The predicted molar refractivity (Wildman–Crippen MR) is 138 cm³/mol. The molecule has 20 heteroatoms. The Morgan fingerprint density at radius 1 is 0.320 bits per heavy atom. The standard InChI is InChI=1S/C30H4BF17O2/c32-6-3-4-8(5-1-2-7(33)15(34)9(5)6)49-31(14-21(40)26(45)28(47)27(46)22(14)41)50-30-13-12(20(39)25(44)29(30)48)16(35)10-11(17(13)36)19(38)24(43)23(42)18(10)37/h1-4H. The van der Waals surface area contributed by atoms with Crippen LogP contribution in [0.3, 0.4) is 0 Å². The Morgan fingerprint density at radius 2 is 0.740 bits per heavy atom. The van der Waals surface area contributed by atoms with Crippen molar-refractivity contribution in [3.63, 3.8) is 0 Å². The number of benzene rings is 6. The Labute approximate surface area is 264 Å². The Kier molecular flexibility index (Phi) is 8.18. The fourth-order valence-corrected chi connectivity index (χ4v) is 5.07. The number of rotatable bonds is 5. The molecule has 2 nitrogen and oxygen atoms in total. The number of halogens is 17. The number of hydrogen-bond acceptors (Lipinski definition) is 2. The number of hydrogen-bond donors (Lipinski definition) is 0. The third-order valence-corrected chi connectivity index (χ3v) is 7.34. The van der Waals surface area contributed by atoms with Crippen molar-refractivity contribution < 1.29 is 83.9 Å². The minimum absolute atomic E-state index is 0.287. The van der Waals surface area contributed by atoms with E-state index in [0.717, 1.165) is 0 Å². The molecule has 0 saturated carbocycles. The molecule has 0 aliphatic heterocycles. The molecule has 6 aromatic rings. The van der Waals surface area contributed by atoms with Gasteiger partial charge in [-0.3, -0.25) is 0 Å². The lowest BCUT2D eigenvalue weighted by molar-refractivity contribution is 0.370. The van der Waals surface area contributed by atoms with Gasteiger partial charge < -0.3 is 9.31 Å². The van der Waals surface area contributed by atoms with Crippen molar-refractivity contribution in [2.45, 2.75) is 0 Å². The molecular formula is C30H4BF17O2. The second kappa shape index (κ2) is 11.9. The Morgan fingerprint density at radius 3 is 1.28 bits per heavy atom. The van der Waals surface area contributed by atoms with E-state index in [9.17, 15) is 52.7 Å². The van der Waals surface area contributed by atoms with Crippen LogP contribution in [-0.4, -0.2) is 7.12 Å². The van der Waals surface area contributed by atoms with E-state index in [2.05, 4.69) is 0 Å². The summed E-state index contributed by atoms with van der Waals surface area (Å²) in [5, 5.41) is -11.1. The zero-order valence-electron chi connectivity index (χ0n) is 23.1. The fourth-order valence-electron chi connectivity index (χ4n) is 5.07. The molecule has 0 unspecified atom stereocenters. The molecule has 0 fully saturated rings. The van der Waals surface area contributed by atoms with Crippen LogP contribution < -0.4 is 14.8 Å². The van der Waals surface area contributed by atoms with Gasteiger partial charge in [0, 0.05) is 5.39 Å². The molecule has 6 rings (SSSR count). The quantitative estimate of drug-likeness (QED) is 0.0579. The van der Waals surface area contributed by atoms with Gasteiger partial charge in [0.25, 0.3) is 0 Å². The van der Waals surface area contributed by atoms with Crippen LogP contribution in [-0.2, 0) is 0 Å². The highest BCUT2D eigenvalue weighted by Crippen LogP contribution is 2.43. The zero-order chi connectivity index (χ0) is 36.8. The van der Waals surface area contributed by atoms with Gasteiger partial charge in [-0.05, 0) is 24.3 Å². The van der Waals surface area contributed by atoms with E-state index in [1.165, 1.54) is 0 Å². The van der Waals surface area contributed by atoms with E-state index >= 15 is 22.0 Å². The van der Waals surface area contributed by atoms with E-state index < -0.39 is 155 Å². The summed E-state index contributed by atoms with van der Waals surface area (Å²) in [6.45, 7) is 0. The van der Waals surface area contributed by atoms with Crippen LogP contribution in [0.5, 0.6) is 11.5 Å². The van der Waals surface area contributed by atoms with Crippen molar-refractivity contribution in [1.29, 1.82) is 0 Å². The van der Waals surface area contributed by atoms with E-state index in [1.807, 2.05) is 0 Å². The highest BCUT2D eigenvalue weighted by molar-refractivity contribution is 6.63. The predicted octanol–water partition coefficient (Wildman–Crippen LogP) is 9.36. The molecule has 0 radical (unpaired) electrons. The average Bonchev–Trinajstić information content (AvgIpc) is 3.08. The van der Waals surface area contributed by atoms with Crippen LogP contribution in [0.2, 0.25) is 0 Å². The summed E-state index contributed by atoms with van der Waals surface area (Å²) in [6, 6.07) is 1.57. The lowest BCUT2D eigenvalue weighted by atomic mass is 9.77. The second-order valence-corrected chi connectivity index (χ2v) is 10.0. The van der Waals surface area contributed by atoms with Crippen LogP contribution in [0, 0.1) is 98.9 Å². The molecule has 0 aliphatic rings. The normalized spacial score (nSPS) is 11.7. The van der Waals surface area contributed by atoms with Gasteiger partial charge in [0.2, 0.25) is 5.82 Å². The van der Waals surface area contributed by atoms with E-state index in [1.54, 1.807) is 0 Å². The summed E-state index contributed by atoms with van der Waals surface area (Å²) in [4.78, 5) is 0. The molecule has 0 spiro atoms. The molecule has 0 aromatic heterocycles. The highest BCUT2D eigenvalue weighted by atomic mass is 19.2. The number of fused-ring (bicyclic) bond motifs is 3. The summed E-state index contributed by atoms with van der Waals surface area (Å²) in [5.41, 5.74) is -2.31. The van der Waals surface area contributed by atoms with Gasteiger partial charge in [-0.1, -0.05) is 0 Å². The maximum absolute atomic E-state index is 15.8. The van der Waals surface area contributed by atoms with E-state index in [0.29, 0.717) is 18.2 Å². The minimum Gasteiger partial charge on any atom is -0.521 e. The van der Waals surface area contributed by atoms with Crippen LogP contribution in [0.15, 0.2) is 24.3 Å². The van der Waals surface area contributed by atoms with Crippen LogP contribution in [0.1, 0.15) is 0 Å². The van der Waals surface area contributed by atoms with Gasteiger partial charge in [0.05, 0.1) is 32.4 Å². The molecule has 0 bridgehead atoms. The smallest absolute Gasteiger partial charge is 0.521 e. The fraction of sp³-hybridized carbons (Fsp3) is 0. The minimum atomic E-state index is -3.52. The van der Waals surface area contributed by atoms with Crippen molar-refractivity contribution in [1.82, 2.24) is 0 Å². The van der Waals surface area contributed by atoms with Crippen molar-refractivity contribution in [2.75, 3.05) is 0 Å². The first-order chi connectivity index (χ1) is 23.4. The highest BCUT2D eigenvalue weighted by Gasteiger charge is 2.42. The summed E-state index contributed by atoms with van der Waals surface area (Å²) < 4.78 is 259. The van der Waals surface area contributed by atoms with Crippen LogP contribution in [0.25, 0.3) is 32.3 Å². The van der Waals surface area contributed by atoms with E-state index in [4.69, 9.17) is 9.31 Å². The first-order valence-corrected chi connectivity index (χ1v) is 13.0. The molecule has 0 amide bonds. The zero-order valence-corrected chi connectivity index (χ0v) is 23.1. The Hall–Kier alpha value is -5.43. The van der Waals surface area contributed by atoms with E-state index in [-0.39, 0.29) is 6.07 Å². The SMILES string of the molecule is Fc1ccc2c(OB(Oc3c(F)c(F)c(F)c4c(F)c5c(F)c(F)c(F)c(F)c5c(F)c34)c3c(F)c(F)c(F)c(F)c3F)ccc(F)c2c1F. The molecule has 50 heavy (non-hydrogen) atoms. The molecule has 0 aliphatic carbocycles. The topological polar surface area (TPSA) is 18.5 Å². The Bertz CT molecular complexity index is 2460. The third-order valence-electron chi connectivity index (χ3n) is 7.34. The van der Waals surface area contributed by atoms with Crippen molar-refractivity contribution >= 4 is 44.9 Å². The molecular weight excluding hydrogens is 726 g/mol. The molecule has 0 atom stereocenters. The van der Waals surface area contributed by atoms with Crippen LogP contribution in [0.4, 0.5) is 74.6 Å².